The van der Waals surface area contributed by atoms with Gasteiger partial charge in [0.05, 0.1) is 11.3 Å². The topological polar surface area (TPSA) is 138 Å². The molecule has 0 spiro atoms. The molecule has 0 bridgehead atoms. The molecule has 3 rings (SSSR count). The van der Waals surface area contributed by atoms with Crippen molar-refractivity contribution in [2.24, 2.45) is 0 Å². The Morgan fingerprint density at radius 1 is 1.30 bits per heavy atom. The molecule has 1 aliphatic heterocycles. The van der Waals surface area contributed by atoms with Crippen LogP contribution in [0, 0.1) is 13.8 Å². The zero-order valence-electron chi connectivity index (χ0n) is 15.0. The fourth-order valence-corrected chi connectivity index (χ4v) is 3.81. The average molecular weight is 399 g/mol. The first-order valence-electron chi connectivity index (χ1n) is 8.33. The second kappa shape index (κ2) is 7.56. The molecule has 1 saturated heterocycles. The van der Waals surface area contributed by atoms with E-state index in [0.717, 1.165) is 11.3 Å². The fourth-order valence-electron chi connectivity index (χ4n) is 3.05. The van der Waals surface area contributed by atoms with Gasteiger partial charge in [0.2, 0.25) is 12.2 Å². The molecule has 4 N–H and O–H groups in total. The second-order valence-corrected chi connectivity index (χ2v) is 7.43. The number of benzene rings is 1. The van der Waals surface area contributed by atoms with Gasteiger partial charge in [-0.1, -0.05) is 11.3 Å². The van der Waals surface area contributed by atoms with E-state index in [4.69, 9.17) is 13.9 Å². The number of fused-ring (bicyclic) bond motifs is 1. The number of carbonyl (C=O) groups excluding carboxylic acids is 1. The highest BCUT2D eigenvalue weighted by Crippen LogP contribution is 2.33. The molecule has 27 heavy (non-hydrogen) atoms. The Morgan fingerprint density at radius 2 is 2.00 bits per heavy atom. The van der Waals surface area contributed by atoms with E-state index in [1.165, 1.54) is 6.92 Å². The number of hydrogen-bond acceptors (Lipinski definition) is 9. The van der Waals surface area contributed by atoms with Crippen molar-refractivity contribution >= 4 is 27.5 Å². The molecule has 0 aliphatic carbocycles. The quantitative estimate of drug-likeness (QED) is 0.554. The Labute approximate surface area is 158 Å². The normalized spacial score (nSPS) is 28.3. The number of nitrogens with one attached hydrogen (secondary N) is 1. The van der Waals surface area contributed by atoms with Gasteiger partial charge in [-0.05, 0) is 25.0 Å². The highest BCUT2D eigenvalue weighted by Gasteiger charge is 2.46. The highest BCUT2D eigenvalue weighted by atomic mass is 32.1. The van der Waals surface area contributed by atoms with Crippen molar-refractivity contribution in [3.63, 3.8) is 0 Å². The van der Waals surface area contributed by atoms with Gasteiger partial charge in [-0.3, -0.25) is 4.79 Å². The van der Waals surface area contributed by atoms with Gasteiger partial charge >= 0.3 is 4.94 Å². The smallest absolute Gasteiger partial charge is 0.396 e. The minimum Gasteiger partial charge on any atom is -0.462 e. The SMILES string of the molecule is CC(=O)N[C@@H]1[C@@H](Oc2cc3sc(=O)oc3c(C)c2C)O[C@H](CO)[C@H](O)[C@@H]1O. The van der Waals surface area contributed by atoms with Crippen molar-refractivity contribution in [1.29, 1.82) is 0 Å². The van der Waals surface area contributed by atoms with Crippen molar-refractivity contribution < 1.29 is 34.0 Å². The molecule has 9 nitrogen and oxygen atoms in total. The van der Waals surface area contributed by atoms with Gasteiger partial charge in [-0.2, -0.15) is 0 Å². The maximum absolute atomic E-state index is 11.5. The molecule has 0 radical (unpaired) electrons. The van der Waals surface area contributed by atoms with Crippen LogP contribution >= 0.6 is 11.3 Å². The first-order valence-corrected chi connectivity index (χ1v) is 9.14. The summed E-state index contributed by atoms with van der Waals surface area (Å²) in [6.45, 7) is 4.28. The van der Waals surface area contributed by atoms with Gasteiger partial charge in [-0.15, -0.1) is 0 Å². The van der Waals surface area contributed by atoms with E-state index < -0.39 is 48.1 Å². The molecule has 2 aromatic rings. The van der Waals surface area contributed by atoms with Gasteiger partial charge in [-0.25, -0.2) is 4.79 Å². The summed E-state index contributed by atoms with van der Waals surface area (Å²) in [6.07, 6.45) is -5.04. The van der Waals surface area contributed by atoms with Crippen LogP contribution in [0.4, 0.5) is 0 Å². The molecule has 148 valence electrons. The predicted octanol–water partition coefficient (Wildman–Crippen LogP) is -0.206. The molecule has 0 saturated carbocycles. The van der Waals surface area contributed by atoms with Crippen molar-refractivity contribution in [2.45, 2.75) is 51.4 Å². The van der Waals surface area contributed by atoms with E-state index in [1.807, 2.05) is 0 Å². The number of amides is 1. The number of ether oxygens (including phenoxy) is 2. The average Bonchev–Trinajstić information content (AvgIpc) is 2.99. The summed E-state index contributed by atoms with van der Waals surface area (Å²) in [4.78, 5) is 22.6. The third kappa shape index (κ3) is 3.71. The Balaban J connectivity index is 1.97. The monoisotopic (exact) mass is 399 g/mol. The van der Waals surface area contributed by atoms with E-state index in [2.05, 4.69) is 5.32 Å². The Bertz CT molecular complexity index is 906. The van der Waals surface area contributed by atoms with Crippen molar-refractivity contribution in [1.82, 2.24) is 5.32 Å². The molecule has 1 amide bonds. The van der Waals surface area contributed by atoms with Crippen molar-refractivity contribution in [3.8, 4) is 5.75 Å². The molecule has 10 heteroatoms. The molecule has 2 heterocycles. The minimum atomic E-state index is -1.40. The standard InChI is InChI=1S/C17H21NO8S/c1-6-7(2)15-11(27-17(23)26-15)4-9(6)24-16-12(18-8(3)20)14(22)13(21)10(5-19)25-16/h4,10,12-14,16,19,21-22H,5H2,1-3H3,(H,18,20)/t10-,12+,13+,14-,16+/m1/s1. The maximum atomic E-state index is 11.5. The first kappa shape index (κ1) is 19.8. The van der Waals surface area contributed by atoms with Crippen LogP contribution in [-0.2, 0) is 9.53 Å². The number of carbonyl (C=O) groups is 1. The molecule has 1 aliphatic rings. The summed E-state index contributed by atoms with van der Waals surface area (Å²) in [7, 11) is 0. The van der Waals surface area contributed by atoms with Crippen LogP contribution in [-0.4, -0.2) is 58.5 Å². The van der Waals surface area contributed by atoms with Crippen LogP contribution in [0.1, 0.15) is 18.1 Å². The molecular weight excluding hydrogens is 378 g/mol. The summed E-state index contributed by atoms with van der Waals surface area (Å²) in [6, 6.07) is 0.561. The molecular formula is C17H21NO8S. The summed E-state index contributed by atoms with van der Waals surface area (Å²) < 4.78 is 17.2. The zero-order chi connectivity index (χ0) is 19.9. The Morgan fingerprint density at radius 3 is 2.63 bits per heavy atom. The van der Waals surface area contributed by atoms with Gasteiger partial charge in [0.25, 0.3) is 0 Å². The lowest BCUT2D eigenvalue weighted by molar-refractivity contribution is -0.244. The largest absolute Gasteiger partial charge is 0.462 e. The van der Waals surface area contributed by atoms with Crippen molar-refractivity contribution in [3.05, 3.63) is 26.9 Å². The van der Waals surface area contributed by atoms with Gasteiger partial charge in [0.15, 0.2) is 5.58 Å². The van der Waals surface area contributed by atoms with Gasteiger partial charge in [0.1, 0.15) is 30.1 Å². The number of aliphatic hydroxyl groups excluding tert-OH is 3. The third-order valence-electron chi connectivity index (χ3n) is 4.63. The van der Waals surface area contributed by atoms with Gasteiger partial charge < -0.3 is 34.5 Å². The molecule has 1 aromatic heterocycles. The maximum Gasteiger partial charge on any atom is 0.396 e. The van der Waals surface area contributed by atoms with Crippen LogP contribution in [0.15, 0.2) is 15.3 Å². The molecule has 1 aromatic carbocycles. The van der Waals surface area contributed by atoms with Crippen LogP contribution in [0.25, 0.3) is 10.3 Å². The number of aryl methyl sites for hydroxylation is 1. The summed E-state index contributed by atoms with van der Waals surface area (Å²) in [5.74, 6) is -0.0695. The highest BCUT2D eigenvalue weighted by molar-refractivity contribution is 7.16. The lowest BCUT2D eigenvalue weighted by Crippen LogP contribution is -2.65. The molecule has 5 atom stereocenters. The number of rotatable bonds is 4. The van der Waals surface area contributed by atoms with Crippen LogP contribution in [0.2, 0.25) is 0 Å². The zero-order valence-corrected chi connectivity index (χ0v) is 15.8. The predicted molar refractivity (Wildman–Crippen MR) is 95.8 cm³/mol. The summed E-state index contributed by atoms with van der Waals surface area (Å²) in [5, 5.41) is 32.3. The van der Waals surface area contributed by atoms with Crippen molar-refractivity contribution in [2.75, 3.05) is 6.61 Å². The van der Waals surface area contributed by atoms with E-state index in [-0.39, 0.29) is 0 Å². The summed E-state index contributed by atoms with van der Waals surface area (Å²) in [5.41, 5.74) is 1.88. The minimum absolute atomic E-state index is 0.373. The number of aliphatic hydroxyl groups is 3. The first-order chi connectivity index (χ1) is 12.7. The summed E-state index contributed by atoms with van der Waals surface area (Å²) >= 11 is 0.926. The second-order valence-electron chi connectivity index (χ2n) is 6.46. The fraction of sp³-hybridized carbons (Fsp3) is 0.529. The van der Waals surface area contributed by atoms with E-state index in [1.54, 1.807) is 19.9 Å². The van der Waals surface area contributed by atoms with Crippen LogP contribution in [0.5, 0.6) is 5.75 Å². The van der Waals surface area contributed by atoms with Crippen LogP contribution < -0.4 is 15.0 Å². The molecule has 0 unspecified atom stereocenters. The van der Waals surface area contributed by atoms with E-state index >= 15 is 0 Å². The van der Waals surface area contributed by atoms with Gasteiger partial charge in [0, 0.05) is 13.0 Å². The Hall–Kier alpha value is -1.98. The number of hydrogen-bond donors (Lipinski definition) is 4. The van der Waals surface area contributed by atoms with Crippen LogP contribution in [0.3, 0.4) is 0 Å². The third-order valence-corrected chi connectivity index (χ3v) is 5.40. The van der Waals surface area contributed by atoms with E-state index in [9.17, 15) is 24.9 Å². The van der Waals surface area contributed by atoms with E-state index in [0.29, 0.717) is 27.2 Å². The molecule has 1 fully saturated rings. The Kier molecular flexibility index (Phi) is 5.54. The lowest BCUT2D eigenvalue weighted by atomic mass is 9.97. The lowest BCUT2D eigenvalue weighted by Gasteiger charge is -2.42.